The number of methoxy groups -OCH3 is 1. The number of hydrogen-bond donors (Lipinski definition) is 1. The number of benzene rings is 3. The highest BCUT2D eigenvalue weighted by Crippen LogP contribution is 2.29. The van der Waals surface area contributed by atoms with Crippen LogP contribution in [0.1, 0.15) is 15.9 Å². The first-order valence-electron chi connectivity index (χ1n) is 12.1. The number of carbonyl (C=O) groups is 1. The van der Waals surface area contributed by atoms with E-state index in [9.17, 15) is 13.4 Å². The number of halogens is 2. The standard InChI is InChI=1S/C28H26ClFN4O3S/c1-37-25-17-21(8-10-24(25)32-38(36)26-6-2-4-20-5-3-11-31-27(20)26)28(35)34-14-12-33(13-15-34)18-19-7-9-22(29)23(30)16-19/h2-11,16-17,32H,12-15,18H2,1H3. The number of amides is 1. The van der Waals surface area contributed by atoms with Gasteiger partial charge in [0, 0.05) is 49.9 Å². The van der Waals surface area contributed by atoms with Crippen LogP contribution in [0.2, 0.25) is 5.02 Å². The van der Waals surface area contributed by atoms with Gasteiger partial charge < -0.3 is 9.64 Å². The van der Waals surface area contributed by atoms with E-state index in [-0.39, 0.29) is 10.9 Å². The minimum absolute atomic E-state index is 0.105. The van der Waals surface area contributed by atoms with Gasteiger partial charge in [0.2, 0.25) is 0 Å². The topological polar surface area (TPSA) is 74.8 Å². The Labute approximate surface area is 227 Å². The first-order chi connectivity index (χ1) is 18.4. The number of piperazine rings is 1. The van der Waals surface area contributed by atoms with E-state index in [4.69, 9.17) is 16.3 Å². The maximum absolute atomic E-state index is 13.8. The van der Waals surface area contributed by atoms with Gasteiger partial charge in [-0.05, 0) is 48.0 Å². The van der Waals surface area contributed by atoms with Gasteiger partial charge in [-0.25, -0.2) is 8.60 Å². The summed E-state index contributed by atoms with van der Waals surface area (Å²) >= 11 is 5.78. The van der Waals surface area contributed by atoms with Gasteiger partial charge in [-0.3, -0.25) is 19.4 Å². The molecule has 0 spiro atoms. The SMILES string of the molecule is COc1cc(C(=O)N2CCN(Cc3ccc(Cl)c(F)c3)CC2)ccc1NS(=O)c1cccc2cccnc12. The Balaban J connectivity index is 1.24. The third-order valence-corrected chi connectivity index (χ3v) is 7.94. The number of hydrogen-bond acceptors (Lipinski definition) is 5. The number of nitrogens with zero attached hydrogens (tertiary/aromatic N) is 3. The van der Waals surface area contributed by atoms with Crippen molar-refractivity contribution in [2.24, 2.45) is 0 Å². The Morgan fingerprint density at radius 3 is 2.63 bits per heavy atom. The van der Waals surface area contributed by atoms with E-state index >= 15 is 0 Å². The van der Waals surface area contributed by atoms with Crippen molar-refractivity contribution in [2.45, 2.75) is 11.4 Å². The number of para-hydroxylation sites is 1. The highest BCUT2D eigenvalue weighted by molar-refractivity contribution is 7.86. The molecule has 1 unspecified atom stereocenters. The molecule has 3 aromatic carbocycles. The van der Waals surface area contributed by atoms with Crippen LogP contribution >= 0.6 is 11.6 Å². The molecule has 5 rings (SSSR count). The summed E-state index contributed by atoms with van der Waals surface area (Å²) in [6, 6.07) is 19.2. The second-order valence-electron chi connectivity index (χ2n) is 8.93. The molecule has 38 heavy (non-hydrogen) atoms. The molecule has 1 amide bonds. The average Bonchev–Trinajstić information content (AvgIpc) is 2.95. The van der Waals surface area contributed by atoms with Crippen LogP contribution in [-0.4, -0.2) is 58.2 Å². The van der Waals surface area contributed by atoms with Crippen molar-refractivity contribution >= 4 is 45.1 Å². The van der Waals surface area contributed by atoms with Gasteiger partial charge in [-0.15, -0.1) is 0 Å². The van der Waals surface area contributed by atoms with Gasteiger partial charge in [0.15, 0.2) is 11.0 Å². The Kier molecular flexibility index (Phi) is 7.87. The third kappa shape index (κ3) is 5.65. The molecule has 1 aliphatic heterocycles. The lowest BCUT2D eigenvalue weighted by molar-refractivity contribution is 0.0628. The number of anilines is 1. The number of aromatic nitrogens is 1. The van der Waals surface area contributed by atoms with E-state index < -0.39 is 16.8 Å². The van der Waals surface area contributed by atoms with Crippen molar-refractivity contribution in [3.05, 3.63) is 94.9 Å². The molecule has 7 nitrogen and oxygen atoms in total. The van der Waals surface area contributed by atoms with Gasteiger partial charge in [0.25, 0.3) is 5.91 Å². The van der Waals surface area contributed by atoms with Crippen LogP contribution in [0.15, 0.2) is 77.8 Å². The normalized spacial score (nSPS) is 14.9. The fraction of sp³-hybridized carbons (Fsp3) is 0.214. The number of pyridine rings is 1. The molecule has 0 bridgehead atoms. The molecule has 196 valence electrons. The van der Waals surface area contributed by atoms with Crippen LogP contribution in [0.25, 0.3) is 10.9 Å². The van der Waals surface area contributed by atoms with E-state index in [0.29, 0.717) is 60.1 Å². The summed E-state index contributed by atoms with van der Waals surface area (Å²) in [6.45, 7) is 3.04. The highest BCUT2D eigenvalue weighted by atomic mass is 35.5. The monoisotopic (exact) mass is 552 g/mol. The van der Waals surface area contributed by atoms with Crippen LogP contribution in [0.4, 0.5) is 10.1 Å². The largest absolute Gasteiger partial charge is 0.495 e. The molecule has 2 heterocycles. The lowest BCUT2D eigenvalue weighted by Gasteiger charge is -2.35. The fourth-order valence-corrected chi connectivity index (χ4v) is 5.62. The minimum atomic E-state index is -1.59. The lowest BCUT2D eigenvalue weighted by atomic mass is 10.1. The Morgan fingerprint density at radius 1 is 1.08 bits per heavy atom. The number of fused-ring (bicyclic) bond motifs is 1. The van der Waals surface area contributed by atoms with Crippen LogP contribution < -0.4 is 9.46 Å². The molecule has 1 aliphatic rings. The number of ether oxygens (including phenoxy) is 1. The summed E-state index contributed by atoms with van der Waals surface area (Å²) in [6.07, 6.45) is 1.67. The van der Waals surface area contributed by atoms with Gasteiger partial charge in [0.05, 0.1) is 28.2 Å². The third-order valence-electron chi connectivity index (χ3n) is 6.50. The molecule has 1 N–H and O–H groups in total. The smallest absolute Gasteiger partial charge is 0.254 e. The summed E-state index contributed by atoms with van der Waals surface area (Å²) < 4.78 is 35.4. The number of carbonyl (C=O) groups excluding carboxylic acids is 1. The Morgan fingerprint density at radius 2 is 1.87 bits per heavy atom. The van der Waals surface area contributed by atoms with Gasteiger partial charge in [-0.1, -0.05) is 35.9 Å². The molecule has 10 heteroatoms. The van der Waals surface area contributed by atoms with Crippen molar-refractivity contribution in [3.63, 3.8) is 0 Å². The molecule has 0 radical (unpaired) electrons. The summed E-state index contributed by atoms with van der Waals surface area (Å²) in [5.74, 6) is -0.116. The molecule has 4 aromatic rings. The van der Waals surface area contributed by atoms with Crippen molar-refractivity contribution in [1.82, 2.24) is 14.8 Å². The Hall–Kier alpha value is -3.53. The molecule has 1 atom stereocenters. The summed E-state index contributed by atoms with van der Waals surface area (Å²) in [4.78, 5) is 22.1. The van der Waals surface area contributed by atoms with E-state index in [1.807, 2.05) is 30.3 Å². The quantitative estimate of drug-likeness (QED) is 0.344. The van der Waals surface area contributed by atoms with Crippen LogP contribution in [0.3, 0.4) is 0 Å². The zero-order chi connectivity index (χ0) is 26.6. The maximum Gasteiger partial charge on any atom is 0.254 e. The molecule has 0 aliphatic carbocycles. The number of nitrogens with one attached hydrogen (secondary N) is 1. The highest BCUT2D eigenvalue weighted by Gasteiger charge is 2.23. The average molecular weight is 553 g/mol. The summed E-state index contributed by atoms with van der Waals surface area (Å²) in [7, 11) is -0.0811. The second kappa shape index (κ2) is 11.5. The van der Waals surface area contributed by atoms with Crippen LogP contribution in [0.5, 0.6) is 5.75 Å². The predicted molar refractivity (Wildman–Crippen MR) is 147 cm³/mol. The molecular weight excluding hydrogens is 527 g/mol. The Bertz CT molecular complexity index is 1510. The van der Waals surface area contributed by atoms with Crippen molar-refractivity contribution in [3.8, 4) is 5.75 Å². The van der Waals surface area contributed by atoms with Gasteiger partial charge in [0.1, 0.15) is 11.6 Å². The van der Waals surface area contributed by atoms with Crippen molar-refractivity contribution < 1.29 is 18.1 Å². The first kappa shape index (κ1) is 26.1. The summed E-state index contributed by atoms with van der Waals surface area (Å²) in [5, 5.41) is 1.01. The van der Waals surface area contributed by atoms with E-state index in [1.54, 1.807) is 41.4 Å². The molecular formula is C28H26ClFN4O3S. The molecule has 1 fully saturated rings. The van der Waals surface area contributed by atoms with Gasteiger partial charge >= 0.3 is 0 Å². The predicted octanol–water partition coefficient (Wildman–Crippen LogP) is 5.13. The van der Waals surface area contributed by atoms with Crippen molar-refractivity contribution in [1.29, 1.82) is 0 Å². The van der Waals surface area contributed by atoms with E-state index in [2.05, 4.69) is 14.6 Å². The molecule has 1 saturated heterocycles. The molecule has 0 saturated carbocycles. The lowest BCUT2D eigenvalue weighted by Crippen LogP contribution is -2.48. The van der Waals surface area contributed by atoms with E-state index in [0.717, 1.165) is 10.9 Å². The van der Waals surface area contributed by atoms with E-state index in [1.165, 1.54) is 13.2 Å². The fourth-order valence-electron chi connectivity index (χ4n) is 4.48. The maximum atomic E-state index is 13.8. The van der Waals surface area contributed by atoms with Gasteiger partial charge in [-0.2, -0.15) is 0 Å². The van der Waals surface area contributed by atoms with Crippen LogP contribution in [-0.2, 0) is 17.5 Å². The number of rotatable bonds is 7. The zero-order valence-corrected chi connectivity index (χ0v) is 22.3. The zero-order valence-electron chi connectivity index (χ0n) is 20.7. The first-order valence-corrected chi connectivity index (χ1v) is 13.6. The van der Waals surface area contributed by atoms with Crippen LogP contribution in [0, 0.1) is 5.82 Å². The minimum Gasteiger partial charge on any atom is -0.495 e. The summed E-state index contributed by atoms with van der Waals surface area (Å²) in [5.41, 5.74) is 2.50. The van der Waals surface area contributed by atoms with Crippen molar-refractivity contribution in [2.75, 3.05) is 38.0 Å². The second-order valence-corrected chi connectivity index (χ2v) is 10.5. The molecule has 1 aromatic heterocycles.